The normalized spacial score (nSPS) is 29.0. The topological polar surface area (TPSA) is 46.2 Å². The van der Waals surface area contributed by atoms with Crippen LogP contribution in [0.15, 0.2) is 70.1 Å². The van der Waals surface area contributed by atoms with E-state index in [0.29, 0.717) is 13.2 Å². The molecule has 4 rings (SSSR count). The molecule has 2 heterocycles. The monoisotopic (exact) mass is 552 g/mol. The molecule has 0 saturated carbocycles. The molecule has 2 aliphatic heterocycles. The van der Waals surface area contributed by atoms with E-state index in [4.69, 9.17) is 23.7 Å². The highest BCUT2D eigenvalue weighted by atomic mass is 79.9. The second-order valence-electron chi connectivity index (χ2n) is 8.17. The van der Waals surface area contributed by atoms with Crippen LogP contribution in [-0.4, -0.2) is 36.5 Å². The van der Waals surface area contributed by atoms with Crippen molar-refractivity contribution in [1.82, 2.24) is 0 Å². The van der Waals surface area contributed by atoms with E-state index in [9.17, 15) is 0 Å². The maximum Gasteiger partial charge on any atom is 0.191 e. The smallest absolute Gasteiger partial charge is 0.191 e. The van der Waals surface area contributed by atoms with Crippen LogP contribution >= 0.6 is 31.9 Å². The van der Waals surface area contributed by atoms with Crippen LogP contribution < -0.4 is 0 Å². The summed E-state index contributed by atoms with van der Waals surface area (Å²) in [6.45, 7) is 4.94. The Morgan fingerprint density at radius 3 is 2.13 bits per heavy atom. The average molecular weight is 554 g/mol. The molecule has 2 saturated heterocycles. The average Bonchev–Trinajstić information content (AvgIpc) is 3.15. The summed E-state index contributed by atoms with van der Waals surface area (Å²) in [4.78, 5) is 0. The highest BCUT2D eigenvalue weighted by Gasteiger charge is 2.62. The lowest BCUT2D eigenvalue weighted by molar-refractivity contribution is -0.243. The van der Waals surface area contributed by atoms with Gasteiger partial charge in [-0.05, 0) is 62.9 Å². The number of hydrogen-bond acceptors (Lipinski definition) is 5. The first-order valence-corrected chi connectivity index (χ1v) is 11.8. The third-order valence-electron chi connectivity index (χ3n) is 5.27. The summed E-state index contributed by atoms with van der Waals surface area (Å²) in [5.41, 5.74) is 1.27. The van der Waals surface area contributed by atoms with Crippen molar-refractivity contribution in [2.75, 3.05) is 6.61 Å². The van der Waals surface area contributed by atoms with Gasteiger partial charge in [0.15, 0.2) is 12.1 Å². The van der Waals surface area contributed by atoms with Crippen LogP contribution in [0.3, 0.4) is 0 Å². The molecule has 2 fully saturated rings. The number of benzene rings is 2. The van der Waals surface area contributed by atoms with Crippen molar-refractivity contribution in [1.29, 1.82) is 0 Å². The van der Waals surface area contributed by atoms with Crippen LogP contribution in [-0.2, 0) is 36.9 Å². The van der Waals surface area contributed by atoms with Crippen molar-refractivity contribution in [3.63, 3.8) is 0 Å². The van der Waals surface area contributed by atoms with Gasteiger partial charge in [0.25, 0.3) is 0 Å². The Morgan fingerprint density at radius 2 is 1.52 bits per heavy atom. The van der Waals surface area contributed by atoms with Crippen LogP contribution in [0.1, 0.15) is 25.0 Å². The summed E-state index contributed by atoms with van der Waals surface area (Å²) in [5, 5.41) is 0. The minimum absolute atomic E-state index is 0.280. The lowest BCUT2D eigenvalue weighted by Crippen LogP contribution is -2.48. The van der Waals surface area contributed by atoms with Gasteiger partial charge in [-0.2, -0.15) is 0 Å². The Bertz CT molecular complexity index is 885. The van der Waals surface area contributed by atoms with Gasteiger partial charge in [0.05, 0.1) is 23.2 Å². The zero-order chi connectivity index (χ0) is 21.9. The second kappa shape index (κ2) is 9.83. The van der Waals surface area contributed by atoms with Gasteiger partial charge in [0.1, 0.15) is 17.8 Å². The minimum Gasteiger partial charge on any atom is -0.373 e. The molecule has 31 heavy (non-hydrogen) atoms. The van der Waals surface area contributed by atoms with E-state index in [2.05, 4.69) is 31.9 Å². The third-order valence-corrected chi connectivity index (χ3v) is 5.73. The van der Waals surface area contributed by atoms with Crippen LogP contribution in [0, 0.1) is 0 Å². The Morgan fingerprint density at radius 1 is 0.903 bits per heavy atom. The molecule has 7 heteroatoms. The van der Waals surface area contributed by atoms with Crippen molar-refractivity contribution in [3.8, 4) is 0 Å². The van der Waals surface area contributed by atoms with Gasteiger partial charge < -0.3 is 23.7 Å². The van der Waals surface area contributed by atoms with Crippen LogP contribution in [0.4, 0.5) is 0 Å². The van der Waals surface area contributed by atoms with Crippen LogP contribution in [0.2, 0.25) is 0 Å². The maximum absolute atomic E-state index is 6.42. The lowest BCUT2D eigenvalue weighted by Gasteiger charge is -2.34. The van der Waals surface area contributed by atoms with Crippen LogP contribution in [0.25, 0.3) is 0 Å². The molecule has 0 amide bonds. The van der Waals surface area contributed by atoms with Gasteiger partial charge >= 0.3 is 0 Å². The summed E-state index contributed by atoms with van der Waals surface area (Å²) in [5.74, 6) is -0.740. The van der Waals surface area contributed by atoms with Gasteiger partial charge in [-0.15, -0.1) is 0 Å². The Balaban J connectivity index is 1.56. The van der Waals surface area contributed by atoms with E-state index < -0.39 is 23.8 Å². The molecule has 2 unspecified atom stereocenters. The molecule has 0 N–H and O–H groups in total. The molecular weight excluding hydrogens is 528 g/mol. The Hall–Kier alpha value is -1.06. The summed E-state index contributed by atoms with van der Waals surface area (Å²) in [7, 11) is 0. The van der Waals surface area contributed by atoms with Gasteiger partial charge in [0, 0.05) is 0 Å². The Labute approximate surface area is 199 Å². The molecule has 0 aliphatic carbocycles. The molecule has 2 aliphatic rings. The fraction of sp³-hybridized carbons (Fsp3) is 0.417. The van der Waals surface area contributed by atoms with Crippen LogP contribution in [0.5, 0.6) is 0 Å². The SMILES string of the molecule is CC1(C)OC2C(OCc3ccccc3)[C@@](C=C(Br)Br)(COCc3ccccc3)O[C@@H]2O1. The fourth-order valence-corrected chi connectivity index (χ4v) is 4.75. The molecule has 0 bridgehead atoms. The highest BCUT2D eigenvalue weighted by Crippen LogP contribution is 2.46. The summed E-state index contributed by atoms with van der Waals surface area (Å²) in [6.07, 6.45) is 0.563. The molecule has 166 valence electrons. The molecule has 0 spiro atoms. The maximum atomic E-state index is 6.42. The molecule has 5 nitrogen and oxygen atoms in total. The zero-order valence-corrected chi connectivity index (χ0v) is 20.7. The fourth-order valence-electron chi connectivity index (χ4n) is 3.97. The van der Waals surface area contributed by atoms with E-state index in [-0.39, 0.29) is 12.7 Å². The van der Waals surface area contributed by atoms with E-state index in [1.165, 1.54) is 0 Å². The largest absolute Gasteiger partial charge is 0.373 e. The van der Waals surface area contributed by atoms with Crippen molar-refractivity contribution in [2.45, 2.75) is 56.9 Å². The van der Waals surface area contributed by atoms with E-state index in [1.807, 2.05) is 80.6 Å². The third kappa shape index (κ3) is 5.66. The highest BCUT2D eigenvalue weighted by molar-refractivity contribution is 9.28. The molecule has 2 aromatic rings. The molecule has 0 radical (unpaired) electrons. The first-order valence-electron chi connectivity index (χ1n) is 10.2. The number of rotatable bonds is 8. The number of halogens is 2. The number of fused-ring (bicyclic) bond motifs is 1. The number of hydrogen-bond donors (Lipinski definition) is 0. The standard InChI is InChI=1S/C24H26Br2O5/c1-23(2)29-20-21(28-15-18-11-7-4-8-12-18)24(13-19(25)26,31-22(20)30-23)16-27-14-17-9-5-3-6-10-17/h3-13,20-22H,14-16H2,1-2H3/t20?,21?,22-,24+/m0/s1. The quantitative estimate of drug-likeness (QED) is 0.421. The first kappa shape index (κ1) is 23.1. The molecular formula is C24H26Br2O5. The van der Waals surface area contributed by atoms with Gasteiger partial charge in [-0.1, -0.05) is 60.7 Å². The lowest BCUT2D eigenvalue weighted by atomic mass is 9.95. The van der Waals surface area contributed by atoms with Crippen molar-refractivity contribution < 1.29 is 23.7 Å². The predicted octanol–water partition coefficient (Wildman–Crippen LogP) is 5.67. The summed E-state index contributed by atoms with van der Waals surface area (Å²) >= 11 is 6.97. The van der Waals surface area contributed by atoms with Crippen molar-refractivity contribution in [2.24, 2.45) is 0 Å². The van der Waals surface area contributed by atoms with Crippen molar-refractivity contribution >= 4 is 31.9 Å². The molecule has 2 aromatic carbocycles. The summed E-state index contributed by atoms with van der Waals surface area (Å²) in [6, 6.07) is 20.1. The van der Waals surface area contributed by atoms with Crippen molar-refractivity contribution in [3.05, 3.63) is 81.3 Å². The molecule has 0 aromatic heterocycles. The van der Waals surface area contributed by atoms with Gasteiger partial charge in [0.2, 0.25) is 0 Å². The van der Waals surface area contributed by atoms with E-state index in [1.54, 1.807) is 0 Å². The number of ether oxygens (including phenoxy) is 5. The minimum atomic E-state index is -0.891. The van der Waals surface area contributed by atoms with Gasteiger partial charge in [-0.3, -0.25) is 0 Å². The van der Waals surface area contributed by atoms with E-state index >= 15 is 0 Å². The summed E-state index contributed by atoms with van der Waals surface area (Å²) < 4.78 is 31.9. The van der Waals surface area contributed by atoms with Gasteiger partial charge in [-0.25, -0.2) is 0 Å². The predicted molar refractivity (Wildman–Crippen MR) is 125 cm³/mol. The zero-order valence-electron chi connectivity index (χ0n) is 17.5. The second-order valence-corrected chi connectivity index (χ2v) is 10.9. The van der Waals surface area contributed by atoms with E-state index in [0.717, 1.165) is 14.5 Å². The Kier molecular flexibility index (Phi) is 7.33. The molecule has 4 atom stereocenters. The first-order chi connectivity index (χ1) is 14.9.